The van der Waals surface area contributed by atoms with Gasteiger partial charge in [-0.2, -0.15) is 5.10 Å². The number of benzene rings is 2. The van der Waals surface area contributed by atoms with Crippen molar-refractivity contribution in [2.45, 2.75) is 26.3 Å². The van der Waals surface area contributed by atoms with Crippen molar-refractivity contribution in [2.75, 3.05) is 5.32 Å². The summed E-state index contributed by atoms with van der Waals surface area (Å²) in [6.45, 7) is 3.63. The average Bonchev–Trinajstić information content (AvgIpc) is 3.17. The second-order valence-corrected chi connectivity index (χ2v) is 8.36. The zero-order valence-corrected chi connectivity index (χ0v) is 17.5. The van der Waals surface area contributed by atoms with Gasteiger partial charge in [0.15, 0.2) is 22.5 Å². The summed E-state index contributed by atoms with van der Waals surface area (Å²) in [4.78, 5) is 30.5. The van der Waals surface area contributed by atoms with Crippen molar-refractivity contribution >= 4 is 33.1 Å². The third-order valence-electron chi connectivity index (χ3n) is 4.67. The predicted molar refractivity (Wildman–Crippen MR) is 116 cm³/mol. The molecule has 0 aliphatic carbocycles. The highest BCUT2D eigenvalue weighted by molar-refractivity contribution is 7.15. The molecule has 0 unspecified atom stereocenters. The summed E-state index contributed by atoms with van der Waals surface area (Å²) in [7, 11) is 0. The van der Waals surface area contributed by atoms with Gasteiger partial charge in [-0.05, 0) is 37.6 Å². The summed E-state index contributed by atoms with van der Waals surface area (Å²) in [5, 5.41) is 8.21. The first-order valence-electron chi connectivity index (χ1n) is 9.55. The number of halogens is 2. The normalized spacial score (nSPS) is 11.3. The standard InChI is InChI=1S/C22H18F2N4O2S/c1-12(2)28-21(30)16-6-4-3-5-15(16)19(27-28)20(29)26-22-25-11-14(31-22)9-13-7-8-17(23)18(24)10-13/h3-8,10-12H,9H2,1-2H3,(H,25,26,29). The van der Waals surface area contributed by atoms with E-state index in [2.05, 4.69) is 15.4 Å². The number of rotatable bonds is 5. The molecule has 1 N–H and O–H groups in total. The molecular formula is C22H18F2N4O2S. The Morgan fingerprint density at radius 2 is 1.87 bits per heavy atom. The summed E-state index contributed by atoms with van der Waals surface area (Å²) in [5.41, 5.74) is 0.462. The molecule has 0 fully saturated rings. The van der Waals surface area contributed by atoms with Gasteiger partial charge in [0.05, 0.1) is 11.4 Å². The highest BCUT2D eigenvalue weighted by atomic mass is 32.1. The first-order valence-corrected chi connectivity index (χ1v) is 10.4. The van der Waals surface area contributed by atoms with Crippen molar-refractivity contribution in [3.05, 3.63) is 86.8 Å². The van der Waals surface area contributed by atoms with Crippen LogP contribution in [0.3, 0.4) is 0 Å². The Morgan fingerprint density at radius 1 is 1.13 bits per heavy atom. The molecule has 2 aromatic heterocycles. The van der Waals surface area contributed by atoms with Crippen LogP contribution in [-0.2, 0) is 6.42 Å². The van der Waals surface area contributed by atoms with Crippen LogP contribution in [0.1, 0.15) is 40.8 Å². The minimum atomic E-state index is -0.909. The molecule has 0 bridgehead atoms. The van der Waals surface area contributed by atoms with E-state index in [0.29, 0.717) is 27.9 Å². The van der Waals surface area contributed by atoms with Crippen LogP contribution in [0.25, 0.3) is 10.8 Å². The Labute approximate surface area is 180 Å². The van der Waals surface area contributed by atoms with Gasteiger partial charge < -0.3 is 0 Å². The van der Waals surface area contributed by atoms with Gasteiger partial charge in [0.25, 0.3) is 11.5 Å². The van der Waals surface area contributed by atoms with E-state index in [1.165, 1.54) is 22.1 Å². The van der Waals surface area contributed by atoms with E-state index in [1.54, 1.807) is 30.5 Å². The monoisotopic (exact) mass is 440 g/mol. The fraction of sp³-hybridized carbons (Fsp3) is 0.182. The number of hydrogen-bond acceptors (Lipinski definition) is 5. The maximum Gasteiger partial charge on any atom is 0.278 e. The number of aromatic nitrogens is 3. The van der Waals surface area contributed by atoms with Crippen LogP contribution in [0.5, 0.6) is 0 Å². The van der Waals surface area contributed by atoms with Crippen molar-refractivity contribution in [1.82, 2.24) is 14.8 Å². The fourth-order valence-corrected chi connectivity index (χ4v) is 4.02. The second-order valence-electron chi connectivity index (χ2n) is 7.25. The third kappa shape index (κ3) is 4.22. The quantitative estimate of drug-likeness (QED) is 0.494. The molecule has 2 heterocycles. The van der Waals surface area contributed by atoms with Gasteiger partial charge in [-0.25, -0.2) is 18.4 Å². The maximum absolute atomic E-state index is 13.4. The van der Waals surface area contributed by atoms with Crippen LogP contribution < -0.4 is 10.9 Å². The van der Waals surface area contributed by atoms with E-state index < -0.39 is 17.5 Å². The van der Waals surface area contributed by atoms with Gasteiger partial charge in [0.2, 0.25) is 0 Å². The molecule has 1 amide bonds. The van der Waals surface area contributed by atoms with Gasteiger partial charge in [0, 0.05) is 22.9 Å². The number of nitrogens with zero attached hydrogens (tertiary/aromatic N) is 3. The van der Waals surface area contributed by atoms with E-state index in [1.807, 2.05) is 13.8 Å². The lowest BCUT2D eigenvalue weighted by atomic mass is 10.1. The van der Waals surface area contributed by atoms with Gasteiger partial charge in [-0.15, -0.1) is 11.3 Å². The van der Waals surface area contributed by atoms with Crippen molar-refractivity contribution in [3.8, 4) is 0 Å². The van der Waals surface area contributed by atoms with Gasteiger partial charge in [0.1, 0.15) is 0 Å². The van der Waals surface area contributed by atoms with Crippen molar-refractivity contribution < 1.29 is 13.6 Å². The minimum absolute atomic E-state index is 0.126. The number of thiazole rings is 1. The zero-order chi connectivity index (χ0) is 22.1. The first kappa shape index (κ1) is 20.8. The van der Waals surface area contributed by atoms with Crippen molar-refractivity contribution in [3.63, 3.8) is 0 Å². The number of anilines is 1. The molecule has 0 saturated carbocycles. The number of carbonyl (C=O) groups excluding carboxylic acids is 1. The molecule has 4 aromatic rings. The molecule has 6 nitrogen and oxygen atoms in total. The fourth-order valence-electron chi connectivity index (χ4n) is 3.18. The summed E-state index contributed by atoms with van der Waals surface area (Å²) in [5.74, 6) is -2.29. The lowest BCUT2D eigenvalue weighted by Gasteiger charge is -2.12. The smallest absolute Gasteiger partial charge is 0.278 e. The molecule has 0 aliphatic heterocycles. The van der Waals surface area contributed by atoms with Gasteiger partial charge in [-0.1, -0.05) is 24.3 Å². The Morgan fingerprint density at radius 3 is 2.58 bits per heavy atom. The van der Waals surface area contributed by atoms with Crippen LogP contribution in [0.2, 0.25) is 0 Å². The van der Waals surface area contributed by atoms with E-state index in [-0.39, 0.29) is 17.3 Å². The minimum Gasteiger partial charge on any atom is -0.296 e. The van der Waals surface area contributed by atoms with Gasteiger partial charge in [-0.3, -0.25) is 14.9 Å². The van der Waals surface area contributed by atoms with E-state index >= 15 is 0 Å². The first-order chi connectivity index (χ1) is 14.8. The van der Waals surface area contributed by atoms with Crippen molar-refractivity contribution in [2.24, 2.45) is 0 Å². The Balaban J connectivity index is 1.60. The highest BCUT2D eigenvalue weighted by Gasteiger charge is 2.19. The highest BCUT2D eigenvalue weighted by Crippen LogP contribution is 2.23. The van der Waals surface area contributed by atoms with Crippen LogP contribution in [0.4, 0.5) is 13.9 Å². The van der Waals surface area contributed by atoms with E-state index in [4.69, 9.17) is 0 Å². The lowest BCUT2D eigenvalue weighted by Crippen LogP contribution is -2.28. The zero-order valence-electron chi connectivity index (χ0n) is 16.7. The molecule has 0 radical (unpaired) electrons. The summed E-state index contributed by atoms with van der Waals surface area (Å²) in [6, 6.07) is 10.3. The molecule has 9 heteroatoms. The Bertz CT molecular complexity index is 1350. The molecule has 4 rings (SSSR count). The molecule has 0 aliphatic rings. The third-order valence-corrected chi connectivity index (χ3v) is 5.58. The molecule has 158 valence electrons. The van der Waals surface area contributed by atoms with E-state index in [0.717, 1.165) is 17.0 Å². The topological polar surface area (TPSA) is 76.9 Å². The van der Waals surface area contributed by atoms with Crippen LogP contribution in [0.15, 0.2) is 53.5 Å². The average molecular weight is 440 g/mol. The predicted octanol–water partition coefficient (Wildman–Crippen LogP) is 4.56. The molecule has 31 heavy (non-hydrogen) atoms. The largest absolute Gasteiger partial charge is 0.296 e. The molecule has 2 aromatic carbocycles. The molecule has 0 atom stereocenters. The SMILES string of the molecule is CC(C)n1nc(C(=O)Nc2ncc(Cc3ccc(F)c(F)c3)s2)c2ccccc2c1=O. The van der Waals surface area contributed by atoms with Gasteiger partial charge >= 0.3 is 0 Å². The second kappa shape index (κ2) is 8.35. The number of amides is 1. The van der Waals surface area contributed by atoms with E-state index in [9.17, 15) is 18.4 Å². The molecular weight excluding hydrogens is 422 g/mol. The Hall–Kier alpha value is -3.46. The van der Waals surface area contributed by atoms with Crippen molar-refractivity contribution in [1.29, 1.82) is 0 Å². The Kier molecular flexibility index (Phi) is 5.60. The number of fused-ring (bicyclic) bond motifs is 1. The summed E-state index contributed by atoms with van der Waals surface area (Å²) in [6.07, 6.45) is 1.92. The van der Waals surface area contributed by atoms with Crippen LogP contribution in [0, 0.1) is 11.6 Å². The number of carbonyl (C=O) groups is 1. The molecule has 0 saturated heterocycles. The number of hydrogen-bond donors (Lipinski definition) is 1. The lowest BCUT2D eigenvalue weighted by molar-refractivity contribution is 0.102. The number of nitrogens with one attached hydrogen (secondary N) is 1. The van der Waals surface area contributed by atoms with Crippen LogP contribution in [-0.4, -0.2) is 20.7 Å². The maximum atomic E-state index is 13.4. The summed E-state index contributed by atoms with van der Waals surface area (Å²) >= 11 is 1.22. The summed E-state index contributed by atoms with van der Waals surface area (Å²) < 4.78 is 27.8. The van der Waals surface area contributed by atoms with Crippen LogP contribution >= 0.6 is 11.3 Å². The molecule has 0 spiro atoms.